The normalized spacial score (nSPS) is 10.5. The lowest BCUT2D eigenvalue weighted by molar-refractivity contribution is 1.13. The van der Waals surface area contributed by atoms with Gasteiger partial charge < -0.3 is 4.90 Å². The number of anilines is 1. The van der Waals surface area contributed by atoms with Crippen molar-refractivity contribution in [2.45, 2.75) is 6.92 Å². The van der Waals surface area contributed by atoms with Crippen molar-refractivity contribution in [2.24, 2.45) is 0 Å². The summed E-state index contributed by atoms with van der Waals surface area (Å²) in [5.74, 6) is 0. The van der Waals surface area contributed by atoms with Crippen LogP contribution in [-0.2, 0) is 0 Å². The third kappa shape index (κ3) is 1.43. The molecule has 0 amide bonds. The molecule has 2 rings (SSSR count). The molecular weight excluding hydrogens is 172 g/mol. The van der Waals surface area contributed by atoms with Crippen LogP contribution in [0.1, 0.15) is 5.56 Å². The van der Waals surface area contributed by atoms with E-state index in [1.54, 1.807) is 0 Å². The highest BCUT2D eigenvalue weighted by Gasteiger charge is 2.00. The molecule has 0 spiro atoms. The Morgan fingerprint density at radius 3 is 2.64 bits per heavy atom. The van der Waals surface area contributed by atoms with Crippen LogP contribution in [0, 0.1) is 6.92 Å². The van der Waals surface area contributed by atoms with E-state index in [2.05, 4.69) is 35.0 Å². The van der Waals surface area contributed by atoms with Crippen LogP contribution in [0.25, 0.3) is 10.9 Å². The Morgan fingerprint density at radius 1 is 1.14 bits per heavy atom. The number of hydrogen-bond acceptors (Lipinski definition) is 2. The fourth-order valence-electron chi connectivity index (χ4n) is 1.55. The third-order valence-corrected chi connectivity index (χ3v) is 2.46. The fraction of sp³-hybridized carbons (Fsp3) is 0.250. The Hall–Kier alpha value is -1.57. The van der Waals surface area contributed by atoms with Gasteiger partial charge in [-0.15, -0.1) is 0 Å². The fourth-order valence-corrected chi connectivity index (χ4v) is 1.55. The lowest BCUT2D eigenvalue weighted by Crippen LogP contribution is -2.08. The standard InChI is InChI=1S/C12H14N2/c1-9-6-7-13-12-5-4-10(14(2)3)8-11(9)12/h4-8H,1-3H3. The molecule has 2 heteroatoms. The van der Waals surface area contributed by atoms with Gasteiger partial charge in [0.2, 0.25) is 0 Å². The molecule has 0 aliphatic rings. The number of nitrogens with zero attached hydrogens (tertiary/aromatic N) is 2. The molecule has 0 fully saturated rings. The quantitative estimate of drug-likeness (QED) is 0.680. The minimum Gasteiger partial charge on any atom is -0.378 e. The molecule has 0 radical (unpaired) electrons. The Morgan fingerprint density at radius 2 is 1.93 bits per heavy atom. The van der Waals surface area contributed by atoms with Gasteiger partial charge in [-0.05, 0) is 36.8 Å². The topological polar surface area (TPSA) is 16.1 Å². The largest absolute Gasteiger partial charge is 0.378 e. The molecule has 2 aromatic rings. The van der Waals surface area contributed by atoms with Gasteiger partial charge in [-0.3, -0.25) is 4.98 Å². The van der Waals surface area contributed by atoms with E-state index >= 15 is 0 Å². The van der Waals surface area contributed by atoms with Gasteiger partial charge in [0.1, 0.15) is 0 Å². The van der Waals surface area contributed by atoms with E-state index in [9.17, 15) is 0 Å². The molecule has 0 aliphatic heterocycles. The number of benzene rings is 1. The molecule has 72 valence electrons. The molecule has 0 N–H and O–H groups in total. The number of aromatic nitrogens is 1. The zero-order valence-corrected chi connectivity index (χ0v) is 8.78. The van der Waals surface area contributed by atoms with Gasteiger partial charge in [0.15, 0.2) is 0 Å². The SMILES string of the molecule is Cc1ccnc2ccc(N(C)C)cc12. The van der Waals surface area contributed by atoms with E-state index in [-0.39, 0.29) is 0 Å². The molecular formula is C12H14N2. The van der Waals surface area contributed by atoms with E-state index in [1.807, 2.05) is 26.4 Å². The van der Waals surface area contributed by atoms with Gasteiger partial charge >= 0.3 is 0 Å². The zero-order valence-electron chi connectivity index (χ0n) is 8.78. The number of rotatable bonds is 1. The summed E-state index contributed by atoms with van der Waals surface area (Å²) in [6, 6.07) is 8.38. The Balaban J connectivity index is 2.70. The van der Waals surface area contributed by atoms with E-state index < -0.39 is 0 Å². The molecule has 0 aliphatic carbocycles. The van der Waals surface area contributed by atoms with E-state index in [0.29, 0.717) is 0 Å². The average molecular weight is 186 g/mol. The maximum atomic E-state index is 4.32. The van der Waals surface area contributed by atoms with E-state index in [1.165, 1.54) is 16.6 Å². The second-order valence-corrected chi connectivity index (χ2v) is 3.72. The van der Waals surface area contributed by atoms with Crippen molar-refractivity contribution in [3.05, 3.63) is 36.0 Å². The Kier molecular flexibility index (Phi) is 2.12. The first kappa shape index (κ1) is 9.00. The lowest BCUT2D eigenvalue weighted by atomic mass is 10.1. The van der Waals surface area contributed by atoms with Crippen LogP contribution in [0.15, 0.2) is 30.5 Å². The summed E-state index contributed by atoms with van der Waals surface area (Å²) in [7, 11) is 4.10. The van der Waals surface area contributed by atoms with Crippen LogP contribution in [0.5, 0.6) is 0 Å². The van der Waals surface area contributed by atoms with Crippen molar-refractivity contribution in [3.8, 4) is 0 Å². The van der Waals surface area contributed by atoms with Gasteiger partial charge in [0.25, 0.3) is 0 Å². The van der Waals surface area contributed by atoms with Crippen molar-refractivity contribution in [1.29, 1.82) is 0 Å². The van der Waals surface area contributed by atoms with Crippen LogP contribution in [0.4, 0.5) is 5.69 Å². The van der Waals surface area contributed by atoms with Crippen LogP contribution < -0.4 is 4.90 Å². The van der Waals surface area contributed by atoms with Gasteiger partial charge in [0, 0.05) is 31.4 Å². The average Bonchev–Trinajstić information content (AvgIpc) is 2.18. The summed E-state index contributed by atoms with van der Waals surface area (Å²) in [5.41, 5.74) is 3.56. The predicted octanol–water partition coefficient (Wildman–Crippen LogP) is 2.61. The molecule has 0 unspecified atom stereocenters. The molecule has 0 saturated heterocycles. The van der Waals surface area contributed by atoms with Gasteiger partial charge in [0.05, 0.1) is 5.52 Å². The summed E-state index contributed by atoms with van der Waals surface area (Å²) in [4.78, 5) is 6.43. The maximum Gasteiger partial charge on any atom is 0.0706 e. The first-order chi connectivity index (χ1) is 6.68. The summed E-state index contributed by atoms with van der Waals surface area (Å²) in [6.45, 7) is 2.11. The van der Waals surface area contributed by atoms with Crippen molar-refractivity contribution < 1.29 is 0 Å². The summed E-state index contributed by atoms with van der Waals surface area (Å²) >= 11 is 0. The molecule has 0 atom stereocenters. The molecule has 14 heavy (non-hydrogen) atoms. The van der Waals surface area contributed by atoms with Gasteiger partial charge in [-0.25, -0.2) is 0 Å². The van der Waals surface area contributed by atoms with Crippen LogP contribution >= 0.6 is 0 Å². The highest BCUT2D eigenvalue weighted by molar-refractivity contribution is 5.85. The van der Waals surface area contributed by atoms with Crippen molar-refractivity contribution >= 4 is 16.6 Å². The molecule has 1 aromatic carbocycles. The number of fused-ring (bicyclic) bond motifs is 1. The van der Waals surface area contributed by atoms with Crippen LogP contribution in [0.3, 0.4) is 0 Å². The highest BCUT2D eigenvalue weighted by Crippen LogP contribution is 2.21. The monoisotopic (exact) mass is 186 g/mol. The molecule has 1 aromatic heterocycles. The zero-order chi connectivity index (χ0) is 10.1. The molecule has 0 bridgehead atoms. The first-order valence-electron chi connectivity index (χ1n) is 4.71. The second kappa shape index (κ2) is 3.29. The van der Waals surface area contributed by atoms with Crippen LogP contribution in [-0.4, -0.2) is 19.1 Å². The van der Waals surface area contributed by atoms with Crippen molar-refractivity contribution in [2.75, 3.05) is 19.0 Å². The van der Waals surface area contributed by atoms with E-state index in [0.717, 1.165) is 5.52 Å². The van der Waals surface area contributed by atoms with E-state index in [4.69, 9.17) is 0 Å². The number of hydrogen-bond donors (Lipinski definition) is 0. The summed E-state index contributed by atoms with van der Waals surface area (Å²) in [5, 5.41) is 1.23. The highest BCUT2D eigenvalue weighted by atomic mass is 15.1. The minimum absolute atomic E-state index is 1.07. The van der Waals surface area contributed by atoms with Crippen molar-refractivity contribution in [1.82, 2.24) is 4.98 Å². The predicted molar refractivity (Wildman–Crippen MR) is 60.8 cm³/mol. The van der Waals surface area contributed by atoms with Crippen LogP contribution in [0.2, 0.25) is 0 Å². The summed E-state index contributed by atoms with van der Waals surface area (Å²) < 4.78 is 0. The smallest absolute Gasteiger partial charge is 0.0706 e. The third-order valence-electron chi connectivity index (χ3n) is 2.46. The maximum absolute atomic E-state index is 4.32. The molecule has 0 saturated carbocycles. The first-order valence-corrected chi connectivity index (χ1v) is 4.71. The Labute approximate surface area is 84.2 Å². The summed E-state index contributed by atoms with van der Waals surface area (Å²) in [6.07, 6.45) is 1.85. The lowest BCUT2D eigenvalue weighted by Gasteiger charge is -2.13. The van der Waals surface area contributed by atoms with Crippen molar-refractivity contribution in [3.63, 3.8) is 0 Å². The minimum atomic E-state index is 1.07. The van der Waals surface area contributed by atoms with Gasteiger partial charge in [-0.1, -0.05) is 0 Å². The number of aryl methyl sites for hydroxylation is 1. The second-order valence-electron chi connectivity index (χ2n) is 3.72. The number of pyridine rings is 1. The molecule has 2 nitrogen and oxygen atoms in total. The Bertz CT molecular complexity index is 461. The van der Waals surface area contributed by atoms with Gasteiger partial charge in [-0.2, -0.15) is 0 Å². The molecule has 1 heterocycles.